The van der Waals surface area contributed by atoms with Crippen molar-refractivity contribution in [2.75, 3.05) is 36.0 Å². The Kier molecular flexibility index (Phi) is 19.2. The summed E-state index contributed by atoms with van der Waals surface area (Å²) in [6, 6.07) is 100. The average Bonchev–Trinajstić information content (AvgIpc) is 1.81. The predicted molar refractivity (Wildman–Crippen MR) is 366 cm³/mol. The highest BCUT2D eigenvalue weighted by Crippen LogP contribution is 2.47. The predicted octanol–water partition coefficient (Wildman–Crippen LogP) is 19.7. The van der Waals surface area contributed by atoms with Crippen LogP contribution in [0.2, 0.25) is 0 Å². The van der Waals surface area contributed by atoms with Gasteiger partial charge in [-0.15, -0.1) is 0 Å². The summed E-state index contributed by atoms with van der Waals surface area (Å²) in [6.45, 7) is 22.6. The highest BCUT2D eigenvalue weighted by molar-refractivity contribution is 5.69. The van der Waals surface area contributed by atoms with Crippen LogP contribution in [0.5, 0.6) is 0 Å². The van der Waals surface area contributed by atoms with Crippen LogP contribution in [0.1, 0.15) is 146 Å². The van der Waals surface area contributed by atoms with Crippen LogP contribution in [0.4, 0.5) is 11.4 Å². The fraction of sp³-hybridized carbons (Fsp3) is 0.241. The third-order valence-electron chi connectivity index (χ3n) is 16.8. The molecule has 0 fully saturated rings. The lowest BCUT2D eigenvalue weighted by molar-refractivity contribution is -0.595. The van der Waals surface area contributed by atoms with Gasteiger partial charge in [-0.25, -0.2) is 9.13 Å². The number of hydrogen-bond acceptors (Lipinski definition) is 2. The molecule has 0 unspecified atom stereocenters. The van der Waals surface area contributed by atoms with Gasteiger partial charge in [-0.2, -0.15) is 0 Å². The number of hydrogen-bond donors (Lipinski definition) is 0. The van der Waals surface area contributed by atoms with Crippen LogP contribution in [-0.2, 0) is 0 Å². The zero-order valence-corrected chi connectivity index (χ0v) is 52.4. The Hall–Kier alpha value is -8.99. The Morgan fingerprint density at radius 2 is 0.517 bits per heavy atom. The molecule has 0 aliphatic rings. The molecule has 4 heteroatoms. The average molecular weight is 1140 g/mol. The number of benzene rings is 10. The minimum absolute atomic E-state index is 0.122. The van der Waals surface area contributed by atoms with E-state index in [1.54, 1.807) is 0 Å². The molecule has 0 bridgehead atoms. The monoisotopic (exact) mass is 1140 g/mol. The lowest BCUT2D eigenvalue weighted by Crippen LogP contribution is -2.35. The van der Waals surface area contributed by atoms with Crippen LogP contribution in [-0.4, -0.2) is 30.7 Å². The summed E-state index contributed by atoms with van der Waals surface area (Å²) in [5.74, 6) is 1.29. The minimum Gasteiger partial charge on any atom is -0.371 e. The Balaban J connectivity index is 1.31. The van der Waals surface area contributed by atoms with Gasteiger partial charge in [-0.05, 0) is 92.4 Å². The second-order valence-corrected chi connectivity index (χ2v) is 25.6. The normalized spacial score (nSPS) is 11.8. The van der Waals surface area contributed by atoms with Crippen molar-refractivity contribution in [1.82, 2.24) is 4.57 Å². The van der Waals surface area contributed by atoms with Crippen LogP contribution < -0.4 is 14.4 Å². The van der Waals surface area contributed by atoms with E-state index in [1.165, 1.54) is 89.5 Å². The third kappa shape index (κ3) is 14.0. The second-order valence-electron chi connectivity index (χ2n) is 25.6. The summed E-state index contributed by atoms with van der Waals surface area (Å²) >= 11 is 0. The van der Waals surface area contributed by atoms with E-state index >= 15 is 0 Å². The van der Waals surface area contributed by atoms with Gasteiger partial charge >= 0.3 is 0 Å². The summed E-state index contributed by atoms with van der Waals surface area (Å²) in [6.07, 6.45) is 7.13. The fourth-order valence-electron chi connectivity index (χ4n) is 13.5. The third-order valence-corrected chi connectivity index (χ3v) is 16.8. The van der Waals surface area contributed by atoms with Gasteiger partial charge in [0.25, 0.3) is 6.33 Å². The standard InChI is InChI=1S/C83H87N4/c1-60(2)55-86(56-61(3)4)72-51-74(78(64-33-17-9-18-34-64)65-35-19-10-20-36-65)82(75(52-72)79(66-37-21-11-22-38-66)67-39-23-12-24-40-67)84-49-50-85(59-84)83-76(80(68-41-25-13-26-42-68)69-43-27-14-28-44-69)53-73(87(57-62(5)6)58-63(7)8)54-77(83)81(70-45-29-15-30-46-70)71-47-31-16-32-48-71/h9-54,59-63,78-81H,55-58H2,1-8H3/q+1. The van der Waals surface area contributed by atoms with Crippen LogP contribution in [0, 0.1) is 23.7 Å². The second kappa shape index (κ2) is 28.0. The van der Waals surface area contributed by atoms with Crippen LogP contribution in [0.3, 0.4) is 0 Å². The molecule has 0 radical (unpaired) electrons. The highest BCUT2D eigenvalue weighted by atomic mass is 15.2. The SMILES string of the molecule is CC(C)CN(CC(C)C)c1cc(C(c2ccccc2)c2ccccc2)c(-n2cc[n+](-c3c(C(c4ccccc4)c4ccccc4)cc(N(CC(C)C)CC(C)C)cc3C(c3ccccc3)c3ccccc3)c2)c(C(c2ccccc2)c2ccccc2)c1. The van der Waals surface area contributed by atoms with E-state index in [0.717, 1.165) is 26.2 Å². The Bertz CT molecular complexity index is 3240. The van der Waals surface area contributed by atoms with Gasteiger partial charge in [0, 0.05) is 83.5 Å². The smallest absolute Gasteiger partial charge is 0.254 e. The summed E-state index contributed by atoms with van der Waals surface area (Å²) in [7, 11) is 0. The van der Waals surface area contributed by atoms with Crippen molar-refractivity contribution in [2.45, 2.75) is 79.1 Å². The summed E-state index contributed by atoms with van der Waals surface area (Å²) in [4.78, 5) is 5.34. The molecule has 0 spiro atoms. The molecule has 0 atom stereocenters. The highest BCUT2D eigenvalue weighted by Gasteiger charge is 2.36. The topological polar surface area (TPSA) is 15.3 Å². The minimum atomic E-state index is -0.122. The van der Waals surface area contributed by atoms with Gasteiger partial charge in [0.05, 0.1) is 0 Å². The molecule has 11 aromatic rings. The van der Waals surface area contributed by atoms with E-state index in [9.17, 15) is 0 Å². The molecule has 0 aliphatic carbocycles. The van der Waals surface area contributed by atoms with E-state index in [1.807, 2.05) is 0 Å². The molecular weight excluding hydrogens is 1050 g/mol. The van der Waals surface area contributed by atoms with Gasteiger partial charge < -0.3 is 9.80 Å². The molecule has 0 aliphatic heterocycles. The molecule has 1 aromatic heterocycles. The number of imidazole rings is 1. The van der Waals surface area contributed by atoms with Crippen molar-refractivity contribution in [3.8, 4) is 11.4 Å². The molecule has 1 heterocycles. The molecule has 11 rings (SSSR count). The lowest BCUT2D eigenvalue weighted by Gasteiger charge is -2.33. The van der Waals surface area contributed by atoms with E-state index in [2.05, 4.69) is 360 Å². The lowest BCUT2D eigenvalue weighted by atomic mass is 9.78. The molecule has 87 heavy (non-hydrogen) atoms. The van der Waals surface area contributed by atoms with Crippen LogP contribution in [0.15, 0.2) is 286 Å². The van der Waals surface area contributed by atoms with Gasteiger partial charge in [0.1, 0.15) is 23.8 Å². The van der Waals surface area contributed by atoms with Gasteiger partial charge in [-0.3, -0.25) is 0 Å². The van der Waals surface area contributed by atoms with Crippen molar-refractivity contribution in [3.63, 3.8) is 0 Å². The molecule has 0 saturated heterocycles. The Morgan fingerprint density at radius 1 is 0.299 bits per heavy atom. The summed E-state index contributed by atoms with van der Waals surface area (Å²) < 4.78 is 4.99. The zero-order valence-electron chi connectivity index (χ0n) is 52.4. The van der Waals surface area contributed by atoms with E-state index in [0.29, 0.717) is 23.7 Å². The van der Waals surface area contributed by atoms with Crippen LogP contribution in [0.25, 0.3) is 11.4 Å². The maximum absolute atomic E-state index is 2.67. The first-order chi connectivity index (χ1) is 42.5. The quantitative estimate of drug-likeness (QED) is 0.0443. The van der Waals surface area contributed by atoms with Crippen molar-refractivity contribution >= 4 is 11.4 Å². The van der Waals surface area contributed by atoms with Gasteiger partial charge in [-0.1, -0.05) is 298 Å². The fourth-order valence-corrected chi connectivity index (χ4v) is 13.5. The zero-order chi connectivity index (χ0) is 60.2. The number of nitrogens with zero attached hydrogens (tertiary/aromatic N) is 4. The maximum Gasteiger partial charge on any atom is 0.254 e. The maximum atomic E-state index is 2.67. The van der Waals surface area contributed by atoms with E-state index < -0.39 is 0 Å². The van der Waals surface area contributed by atoms with E-state index in [4.69, 9.17) is 0 Å². The van der Waals surface area contributed by atoms with Crippen molar-refractivity contribution in [3.05, 3.63) is 352 Å². The summed E-state index contributed by atoms with van der Waals surface area (Å²) in [5.41, 5.74) is 19.8. The Labute approximate surface area is 520 Å². The number of rotatable bonds is 24. The Morgan fingerprint density at radius 3 is 0.747 bits per heavy atom. The first-order valence-corrected chi connectivity index (χ1v) is 31.8. The summed E-state index contributed by atoms with van der Waals surface area (Å²) in [5, 5.41) is 0. The van der Waals surface area contributed by atoms with Crippen molar-refractivity contribution in [2.24, 2.45) is 23.7 Å². The molecule has 10 aromatic carbocycles. The molecule has 0 amide bonds. The number of anilines is 2. The van der Waals surface area contributed by atoms with Crippen molar-refractivity contribution in [1.29, 1.82) is 0 Å². The van der Waals surface area contributed by atoms with Crippen molar-refractivity contribution < 1.29 is 4.57 Å². The van der Waals surface area contributed by atoms with E-state index in [-0.39, 0.29) is 23.7 Å². The molecule has 438 valence electrons. The molecule has 0 N–H and O–H groups in total. The molecular formula is C83H87N4+. The van der Waals surface area contributed by atoms with Gasteiger partial charge in [0.15, 0.2) is 0 Å². The molecule has 0 saturated carbocycles. The largest absolute Gasteiger partial charge is 0.371 e. The van der Waals surface area contributed by atoms with Crippen LogP contribution >= 0.6 is 0 Å². The molecule has 4 nitrogen and oxygen atoms in total. The first-order valence-electron chi connectivity index (χ1n) is 31.8. The first kappa shape index (κ1) is 59.7. The van der Waals surface area contributed by atoms with Gasteiger partial charge in [0.2, 0.25) is 0 Å². The number of aromatic nitrogens is 2.